The predicted molar refractivity (Wildman–Crippen MR) is 343 cm³/mol. The first-order chi connectivity index (χ1) is 39.6. The largest absolute Gasteiger partial charge is 0.545 e. The van der Waals surface area contributed by atoms with E-state index >= 15 is 0 Å². The van der Waals surface area contributed by atoms with E-state index in [-0.39, 0.29) is 38.6 Å². The second-order valence-electron chi connectivity index (χ2n) is 25.5. The van der Waals surface area contributed by atoms with E-state index < -0.39 is 24.3 Å². The molecule has 0 fully saturated rings. The van der Waals surface area contributed by atoms with Crippen molar-refractivity contribution in [2.24, 2.45) is 0 Å². The summed E-state index contributed by atoms with van der Waals surface area (Å²) >= 11 is 0. The van der Waals surface area contributed by atoms with Crippen LogP contribution in [-0.4, -0.2) is 82.3 Å². The number of ether oxygens (including phenoxy) is 4. The lowest BCUT2D eigenvalue weighted by Gasteiger charge is -2.26. The van der Waals surface area contributed by atoms with E-state index in [4.69, 9.17) is 18.9 Å². The minimum Gasteiger partial charge on any atom is -0.545 e. The molecule has 9 heteroatoms. The summed E-state index contributed by atoms with van der Waals surface area (Å²) in [7, 11) is 5.93. The maximum Gasteiger partial charge on any atom is 0.306 e. The van der Waals surface area contributed by atoms with Gasteiger partial charge in [0.05, 0.1) is 40.3 Å². The molecule has 0 aromatic heterocycles. The SMILES string of the molecule is CCCCCCCC/C=C\CCCCCCCC(=O)OCC(COC(OCC[N+](C)(C)C)C(=O)[O-])OC(=O)CCCCCCCCCCCCCCCCCCCCCCCCCCCCCCC/C=C\CCCCCCCCCC. The number of unbranched alkanes of at least 4 members (excludes halogenated alkanes) is 48. The van der Waals surface area contributed by atoms with E-state index in [9.17, 15) is 19.5 Å². The molecule has 2 unspecified atom stereocenters. The summed E-state index contributed by atoms with van der Waals surface area (Å²) < 4.78 is 22.7. The number of allylic oxidation sites excluding steroid dienone is 4. The molecule has 0 aromatic carbocycles. The van der Waals surface area contributed by atoms with Gasteiger partial charge in [0.2, 0.25) is 0 Å². The Morgan fingerprint density at radius 3 is 0.914 bits per heavy atom. The molecule has 81 heavy (non-hydrogen) atoms. The second kappa shape index (κ2) is 63.8. The van der Waals surface area contributed by atoms with Gasteiger partial charge in [0.15, 0.2) is 12.4 Å². The highest BCUT2D eigenvalue weighted by molar-refractivity contribution is 5.70. The molecule has 9 nitrogen and oxygen atoms in total. The van der Waals surface area contributed by atoms with Crippen LogP contribution in [0.5, 0.6) is 0 Å². The van der Waals surface area contributed by atoms with Crippen molar-refractivity contribution >= 4 is 17.9 Å². The Labute approximate surface area is 503 Å². The van der Waals surface area contributed by atoms with Crippen LogP contribution in [0, 0.1) is 0 Å². The number of hydrogen-bond acceptors (Lipinski definition) is 8. The third-order valence-corrected chi connectivity index (χ3v) is 16.2. The minimum atomic E-state index is -1.62. The molecule has 0 rings (SSSR count). The molecule has 0 N–H and O–H groups in total. The Morgan fingerprint density at radius 2 is 0.630 bits per heavy atom. The van der Waals surface area contributed by atoms with Crippen LogP contribution in [-0.2, 0) is 33.3 Å². The number of likely N-dealkylation sites (N-methyl/N-ethyl adjacent to an activating group) is 1. The van der Waals surface area contributed by atoms with Crippen LogP contribution < -0.4 is 5.11 Å². The Morgan fingerprint density at radius 1 is 0.358 bits per heavy atom. The fourth-order valence-corrected chi connectivity index (χ4v) is 10.7. The molecular weight excluding hydrogens is 1010 g/mol. The molecule has 0 aliphatic rings. The molecule has 0 aromatic rings. The van der Waals surface area contributed by atoms with Crippen molar-refractivity contribution in [2.45, 2.75) is 373 Å². The minimum absolute atomic E-state index is 0.150. The summed E-state index contributed by atoms with van der Waals surface area (Å²) in [5, 5.41) is 11.8. The molecule has 0 amide bonds. The number of carbonyl (C=O) groups excluding carboxylic acids is 3. The number of rotatable bonds is 67. The standard InChI is InChI=1S/C72H137NO8/c1-6-8-10-12-14-16-18-20-22-23-24-25-26-27-28-29-30-31-32-33-34-35-36-37-38-39-40-41-42-43-44-45-46-47-49-51-53-55-57-59-61-63-70(75)81-68(67-80-72(71(76)77)78-65-64-73(3,4)5)66-79-69(74)62-60-58-56-54-52-50-48-21-19-17-15-13-11-9-7-2/h21,23-24,48,68,72H,6-20,22,25-47,49-67H2,1-5H3/b24-23-,48-21-. The molecule has 478 valence electrons. The van der Waals surface area contributed by atoms with E-state index in [1.54, 1.807) is 0 Å². The van der Waals surface area contributed by atoms with Crippen molar-refractivity contribution in [3.63, 3.8) is 0 Å². The van der Waals surface area contributed by atoms with Crippen molar-refractivity contribution in [3.05, 3.63) is 24.3 Å². The third-order valence-electron chi connectivity index (χ3n) is 16.2. The first-order valence-electron chi connectivity index (χ1n) is 35.5. The number of carbonyl (C=O) groups is 3. The van der Waals surface area contributed by atoms with E-state index in [0.29, 0.717) is 11.0 Å². The lowest BCUT2D eigenvalue weighted by Crippen LogP contribution is -2.44. The zero-order valence-electron chi connectivity index (χ0n) is 54.7. The van der Waals surface area contributed by atoms with Crippen LogP contribution in [0.15, 0.2) is 24.3 Å². The van der Waals surface area contributed by atoms with Gasteiger partial charge in [0, 0.05) is 12.8 Å². The highest BCUT2D eigenvalue weighted by Gasteiger charge is 2.22. The van der Waals surface area contributed by atoms with Crippen molar-refractivity contribution in [1.82, 2.24) is 0 Å². The number of hydrogen-bond donors (Lipinski definition) is 0. The quantitative estimate of drug-likeness (QED) is 0.0195. The van der Waals surface area contributed by atoms with Crippen molar-refractivity contribution in [1.29, 1.82) is 0 Å². The van der Waals surface area contributed by atoms with Gasteiger partial charge in [-0.25, -0.2) is 0 Å². The van der Waals surface area contributed by atoms with Crippen molar-refractivity contribution in [3.8, 4) is 0 Å². The zero-order chi connectivity index (χ0) is 59.1. The number of quaternary nitrogens is 1. The summed E-state index contributed by atoms with van der Waals surface area (Å²) in [5.74, 6) is -2.27. The van der Waals surface area contributed by atoms with Gasteiger partial charge in [-0.3, -0.25) is 9.59 Å². The van der Waals surface area contributed by atoms with Gasteiger partial charge in [0.25, 0.3) is 0 Å². The van der Waals surface area contributed by atoms with E-state index in [0.717, 1.165) is 57.8 Å². The van der Waals surface area contributed by atoms with Crippen molar-refractivity contribution < 1.29 is 42.9 Å². The summed E-state index contributed by atoms with van der Waals surface area (Å²) in [4.78, 5) is 37.3. The van der Waals surface area contributed by atoms with Crippen LogP contribution in [0.3, 0.4) is 0 Å². The van der Waals surface area contributed by atoms with E-state index in [1.807, 2.05) is 21.1 Å². The molecule has 0 saturated carbocycles. The third kappa shape index (κ3) is 65.2. The first kappa shape index (κ1) is 78.8. The Balaban J connectivity index is 3.88. The maximum absolute atomic E-state index is 12.9. The van der Waals surface area contributed by atoms with Crippen LogP contribution >= 0.6 is 0 Å². The Kier molecular flexibility index (Phi) is 62.0. The molecule has 0 radical (unpaired) electrons. The molecule has 0 aliphatic heterocycles. The van der Waals surface area contributed by atoms with Crippen LogP contribution in [0.25, 0.3) is 0 Å². The number of aliphatic carboxylic acids is 1. The molecule has 0 spiro atoms. The van der Waals surface area contributed by atoms with Crippen LogP contribution in [0.1, 0.15) is 361 Å². The van der Waals surface area contributed by atoms with Gasteiger partial charge in [-0.2, -0.15) is 0 Å². The Hall–Kier alpha value is -2.23. The monoisotopic (exact) mass is 1140 g/mol. The van der Waals surface area contributed by atoms with Gasteiger partial charge in [-0.05, 0) is 64.2 Å². The number of esters is 2. The van der Waals surface area contributed by atoms with E-state index in [2.05, 4.69) is 38.2 Å². The molecule has 0 saturated heterocycles. The smallest absolute Gasteiger partial charge is 0.306 e. The second-order valence-corrected chi connectivity index (χ2v) is 25.5. The fraction of sp³-hybridized carbons (Fsp3) is 0.903. The van der Waals surface area contributed by atoms with Crippen LogP contribution in [0.2, 0.25) is 0 Å². The first-order valence-corrected chi connectivity index (χ1v) is 35.5. The van der Waals surface area contributed by atoms with Gasteiger partial charge < -0.3 is 33.3 Å². The van der Waals surface area contributed by atoms with Gasteiger partial charge in [0.1, 0.15) is 13.2 Å². The maximum atomic E-state index is 12.9. The predicted octanol–water partition coefficient (Wildman–Crippen LogP) is 20.5. The normalized spacial score (nSPS) is 12.8. The highest BCUT2D eigenvalue weighted by Crippen LogP contribution is 2.19. The average molecular weight is 1140 g/mol. The zero-order valence-corrected chi connectivity index (χ0v) is 54.7. The van der Waals surface area contributed by atoms with Gasteiger partial charge in [-0.1, -0.05) is 308 Å². The molecule has 0 aliphatic carbocycles. The summed E-state index contributed by atoms with van der Waals surface area (Å²) in [6, 6.07) is 0. The summed E-state index contributed by atoms with van der Waals surface area (Å²) in [5.41, 5.74) is 0. The topological polar surface area (TPSA) is 111 Å². The van der Waals surface area contributed by atoms with Crippen molar-refractivity contribution in [2.75, 3.05) is 47.5 Å². The van der Waals surface area contributed by atoms with E-state index in [1.165, 1.54) is 276 Å². The summed E-state index contributed by atoms with van der Waals surface area (Å²) in [6.45, 7) is 4.79. The number of carboxylic acid groups (broad SMARTS) is 1. The summed E-state index contributed by atoms with van der Waals surface area (Å²) in [6.07, 6.45) is 75.8. The molecular formula is C72H137NO8. The Bertz CT molecular complexity index is 1380. The van der Waals surface area contributed by atoms with Gasteiger partial charge >= 0.3 is 11.9 Å². The number of carboxylic acids is 1. The lowest BCUT2D eigenvalue weighted by atomic mass is 10.0. The fourth-order valence-electron chi connectivity index (χ4n) is 10.7. The van der Waals surface area contributed by atoms with Crippen LogP contribution in [0.4, 0.5) is 0 Å². The molecule has 0 bridgehead atoms. The lowest BCUT2D eigenvalue weighted by molar-refractivity contribution is -0.870. The number of nitrogens with zero attached hydrogens (tertiary/aromatic N) is 1. The molecule has 2 atom stereocenters. The molecule has 0 heterocycles. The highest BCUT2D eigenvalue weighted by atomic mass is 16.7. The average Bonchev–Trinajstić information content (AvgIpc) is 3.44. The van der Waals surface area contributed by atoms with Gasteiger partial charge in [-0.15, -0.1) is 0 Å².